The molecule has 0 saturated heterocycles. The van der Waals surface area contributed by atoms with Crippen LogP contribution >= 0.6 is 0 Å². The molecule has 9 atom stereocenters. The second-order valence-corrected chi connectivity index (χ2v) is 12.5. The van der Waals surface area contributed by atoms with Crippen molar-refractivity contribution in [2.24, 2.45) is 40.4 Å². The fourth-order valence-corrected chi connectivity index (χ4v) is 8.62. The molecular weight excluding hydrogens is 372 g/mol. The van der Waals surface area contributed by atoms with Gasteiger partial charge in [-0.1, -0.05) is 39.3 Å². The standard InChI is InChI=1S/C27H46O3/c1-17(2)6-11-24(29)27(5,30)23-10-9-21-20-8-7-18-16-19(28)12-14-25(18,3)22(20)13-15-26(21,23)4/h7,17,19-24,28-30H,6,8-16H2,1-5H3/t19-,20+,21+,22-,23-,24+,25-,26-,27+/m0/s1. The normalized spacial score (nSPS) is 46.4. The Labute approximate surface area is 184 Å². The quantitative estimate of drug-likeness (QED) is 0.519. The number of allylic oxidation sites excluding steroid dienone is 1. The Balaban J connectivity index is 1.55. The average Bonchev–Trinajstić information content (AvgIpc) is 3.04. The minimum atomic E-state index is -1.00. The predicted molar refractivity (Wildman–Crippen MR) is 122 cm³/mol. The first-order valence-electron chi connectivity index (χ1n) is 12.8. The highest BCUT2D eigenvalue weighted by atomic mass is 16.3. The van der Waals surface area contributed by atoms with Gasteiger partial charge in [-0.2, -0.15) is 0 Å². The molecule has 3 nitrogen and oxygen atoms in total. The first-order valence-corrected chi connectivity index (χ1v) is 12.8. The van der Waals surface area contributed by atoms with Crippen molar-refractivity contribution in [2.45, 2.75) is 117 Å². The summed E-state index contributed by atoms with van der Waals surface area (Å²) in [5.74, 6) is 2.80. The molecule has 4 rings (SSSR count). The first-order chi connectivity index (χ1) is 14.0. The van der Waals surface area contributed by atoms with Crippen molar-refractivity contribution < 1.29 is 15.3 Å². The van der Waals surface area contributed by atoms with Crippen molar-refractivity contribution in [3.05, 3.63) is 11.6 Å². The molecule has 4 aliphatic rings. The van der Waals surface area contributed by atoms with Gasteiger partial charge < -0.3 is 15.3 Å². The van der Waals surface area contributed by atoms with Gasteiger partial charge in [-0.05, 0) is 112 Å². The summed E-state index contributed by atoms with van der Waals surface area (Å²) < 4.78 is 0. The number of hydrogen-bond acceptors (Lipinski definition) is 3. The maximum absolute atomic E-state index is 11.6. The number of aliphatic hydroxyl groups is 3. The largest absolute Gasteiger partial charge is 0.393 e. The van der Waals surface area contributed by atoms with E-state index in [2.05, 4.69) is 33.8 Å². The summed E-state index contributed by atoms with van der Waals surface area (Å²) in [5.41, 5.74) is 0.914. The van der Waals surface area contributed by atoms with E-state index < -0.39 is 11.7 Å². The smallest absolute Gasteiger partial charge is 0.0910 e. The molecule has 30 heavy (non-hydrogen) atoms. The zero-order valence-electron chi connectivity index (χ0n) is 20.0. The van der Waals surface area contributed by atoms with Gasteiger partial charge in [0.15, 0.2) is 0 Å². The number of aliphatic hydroxyl groups excluding tert-OH is 2. The van der Waals surface area contributed by atoms with Gasteiger partial charge in [0.1, 0.15) is 0 Å². The summed E-state index contributed by atoms with van der Waals surface area (Å²) >= 11 is 0. The maximum atomic E-state index is 11.6. The molecule has 3 fully saturated rings. The van der Waals surface area contributed by atoms with Crippen molar-refractivity contribution in [1.29, 1.82) is 0 Å². The third-order valence-corrected chi connectivity index (χ3v) is 10.5. The van der Waals surface area contributed by atoms with Gasteiger partial charge in [-0.15, -0.1) is 0 Å². The predicted octanol–water partition coefficient (Wildman–Crippen LogP) is 5.47. The topological polar surface area (TPSA) is 60.7 Å². The molecule has 0 spiro atoms. The van der Waals surface area contributed by atoms with Crippen LogP contribution in [-0.4, -0.2) is 33.1 Å². The summed E-state index contributed by atoms with van der Waals surface area (Å²) in [7, 11) is 0. The molecule has 0 aromatic carbocycles. The molecule has 0 bridgehead atoms. The van der Waals surface area contributed by atoms with Crippen molar-refractivity contribution in [2.75, 3.05) is 0 Å². The first kappa shape index (κ1) is 22.8. The van der Waals surface area contributed by atoms with Gasteiger partial charge in [0, 0.05) is 0 Å². The minimum absolute atomic E-state index is 0.124. The highest BCUT2D eigenvalue weighted by Gasteiger charge is 2.62. The zero-order chi connectivity index (χ0) is 21.9. The van der Waals surface area contributed by atoms with Gasteiger partial charge in [0.05, 0.1) is 17.8 Å². The average molecular weight is 419 g/mol. The highest BCUT2D eigenvalue weighted by Crippen LogP contribution is 2.67. The molecular formula is C27H46O3. The van der Waals surface area contributed by atoms with E-state index in [0.29, 0.717) is 24.2 Å². The molecule has 4 aliphatic carbocycles. The summed E-state index contributed by atoms with van der Waals surface area (Å²) in [4.78, 5) is 0. The van der Waals surface area contributed by atoms with Gasteiger partial charge >= 0.3 is 0 Å². The Morgan fingerprint density at radius 3 is 2.50 bits per heavy atom. The van der Waals surface area contributed by atoms with Crippen LogP contribution in [0.5, 0.6) is 0 Å². The van der Waals surface area contributed by atoms with Crippen LogP contribution in [-0.2, 0) is 0 Å². The van der Waals surface area contributed by atoms with Crippen LogP contribution in [0.15, 0.2) is 11.6 Å². The van der Waals surface area contributed by atoms with Gasteiger partial charge in [0.25, 0.3) is 0 Å². The Morgan fingerprint density at radius 1 is 1.07 bits per heavy atom. The van der Waals surface area contributed by atoms with Crippen molar-refractivity contribution in [1.82, 2.24) is 0 Å². The van der Waals surface area contributed by atoms with Crippen LogP contribution < -0.4 is 0 Å². The van der Waals surface area contributed by atoms with Crippen LogP contribution in [0.4, 0.5) is 0 Å². The summed E-state index contributed by atoms with van der Waals surface area (Å²) in [6, 6.07) is 0. The summed E-state index contributed by atoms with van der Waals surface area (Å²) in [5, 5.41) is 32.7. The summed E-state index contributed by atoms with van der Waals surface area (Å²) in [6.07, 6.45) is 12.1. The number of hydrogen-bond donors (Lipinski definition) is 3. The lowest BCUT2D eigenvalue weighted by Crippen LogP contribution is -2.55. The second kappa shape index (κ2) is 7.89. The maximum Gasteiger partial charge on any atom is 0.0910 e. The lowest BCUT2D eigenvalue weighted by atomic mass is 9.46. The van der Waals surface area contributed by atoms with E-state index in [0.717, 1.165) is 44.4 Å². The van der Waals surface area contributed by atoms with E-state index in [9.17, 15) is 15.3 Å². The zero-order valence-corrected chi connectivity index (χ0v) is 20.0. The lowest BCUT2D eigenvalue weighted by molar-refractivity contribution is -0.151. The molecule has 3 N–H and O–H groups in total. The number of rotatable bonds is 5. The van der Waals surface area contributed by atoms with E-state index >= 15 is 0 Å². The summed E-state index contributed by atoms with van der Waals surface area (Å²) in [6.45, 7) is 11.2. The van der Waals surface area contributed by atoms with Gasteiger partial charge in [-0.25, -0.2) is 0 Å². The van der Waals surface area contributed by atoms with E-state index in [-0.39, 0.29) is 22.9 Å². The van der Waals surface area contributed by atoms with E-state index in [1.165, 1.54) is 24.8 Å². The lowest BCUT2D eigenvalue weighted by Gasteiger charge is -2.59. The second-order valence-electron chi connectivity index (χ2n) is 12.5. The molecule has 0 aliphatic heterocycles. The van der Waals surface area contributed by atoms with Crippen molar-refractivity contribution in [3.8, 4) is 0 Å². The SMILES string of the molecule is CC(C)CC[C@@H](O)[C@](C)(O)[C@H]1CC[C@@H]2[C@H]3CC=C4C[C@@H](O)CC[C@]4(C)[C@H]3CC[C@@]21C. The fourth-order valence-electron chi connectivity index (χ4n) is 8.62. The third kappa shape index (κ3) is 3.52. The van der Waals surface area contributed by atoms with Crippen LogP contribution in [0.25, 0.3) is 0 Å². The van der Waals surface area contributed by atoms with Crippen LogP contribution in [0.1, 0.15) is 98.8 Å². The van der Waals surface area contributed by atoms with E-state index in [4.69, 9.17) is 0 Å². The molecule has 3 heteroatoms. The van der Waals surface area contributed by atoms with Gasteiger partial charge in [0.2, 0.25) is 0 Å². The molecule has 3 saturated carbocycles. The molecule has 172 valence electrons. The molecule has 0 aromatic heterocycles. The Hall–Kier alpha value is -0.380. The molecule has 0 radical (unpaired) electrons. The van der Waals surface area contributed by atoms with Crippen LogP contribution in [0.3, 0.4) is 0 Å². The van der Waals surface area contributed by atoms with E-state index in [1.807, 2.05) is 6.92 Å². The molecule has 0 heterocycles. The van der Waals surface area contributed by atoms with Crippen LogP contribution in [0.2, 0.25) is 0 Å². The molecule has 0 amide bonds. The number of fused-ring (bicyclic) bond motifs is 5. The Morgan fingerprint density at radius 2 is 1.80 bits per heavy atom. The van der Waals surface area contributed by atoms with Crippen LogP contribution in [0, 0.1) is 40.4 Å². The third-order valence-electron chi connectivity index (χ3n) is 10.5. The molecule has 0 aromatic rings. The monoisotopic (exact) mass is 418 g/mol. The minimum Gasteiger partial charge on any atom is -0.393 e. The fraction of sp³-hybridized carbons (Fsp3) is 0.926. The van der Waals surface area contributed by atoms with E-state index in [1.54, 1.807) is 0 Å². The van der Waals surface area contributed by atoms with Crippen molar-refractivity contribution >= 4 is 0 Å². The molecule has 0 unspecified atom stereocenters. The Bertz CT molecular complexity index is 667. The van der Waals surface area contributed by atoms with Crippen molar-refractivity contribution in [3.63, 3.8) is 0 Å². The Kier molecular flexibility index (Phi) is 5.99. The van der Waals surface area contributed by atoms with Gasteiger partial charge in [-0.3, -0.25) is 0 Å². The highest BCUT2D eigenvalue weighted by molar-refractivity contribution is 5.25.